The van der Waals surface area contributed by atoms with E-state index in [9.17, 15) is 13.6 Å². The van der Waals surface area contributed by atoms with Crippen molar-refractivity contribution in [2.75, 3.05) is 18.1 Å². The van der Waals surface area contributed by atoms with Crippen molar-refractivity contribution in [2.45, 2.75) is 12.8 Å². The molecule has 2 aromatic rings. The number of nitrogens with one attached hydrogen (secondary N) is 1. The van der Waals surface area contributed by atoms with E-state index in [1.807, 2.05) is 23.0 Å². The number of carbonyl (C=O) groups is 1. The van der Waals surface area contributed by atoms with E-state index in [2.05, 4.69) is 5.59 Å². The number of amides is 1. The first-order chi connectivity index (χ1) is 12.6. The summed E-state index contributed by atoms with van der Waals surface area (Å²) >= 11 is 1.59. The van der Waals surface area contributed by atoms with E-state index < -0.39 is 11.6 Å². The highest BCUT2D eigenvalue weighted by Crippen LogP contribution is 2.29. The second-order valence-electron chi connectivity index (χ2n) is 6.30. The number of rotatable bonds is 3. The van der Waals surface area contributed by atoms with E-state index in [0.29, 0.717) is 13.1 Å². The summed E-state index contributed by atoms with van der Waals surface area (Å²) < 4.78 is 26.5. The molecule has 8 heteroatoms. The van der Waals surface area contributed by atoms with E-state index in [4.69, 9.17) is 4.84 Å². The number of anilines is 1. The van der Waals surface area contributed by atoms with Gasteiger partial charge in [0.2, 0.25) is 0 Å². The summed E-state index contributed by atoms with van der Waals surface area (Å²) in [4.78, 5) is 19.9. The number of nitrogens with zero attached hydrogens (tertiary/aromatic N) is 2. The number of thiophene rings is 1. The van der Waals surface area contributed by atoms with Crippen LogP contribution in [0.2, 0.25) is 0 Å². The molecule has 1 aromatic carbocycles. The number of hydrogen-bond donors (Lipinski definition) is 1. The Balaban J connectivity index is 1.46. The molecule has 2 aliphatic rings. The molecule has 5 nitrogen and oxygen atoms in total. The molecule has 0 aliphatic carbocycles. The number of halogens is 2. The molecule has 0 spiro atoms. The fraction of sp³-hybridized carbons (Fsp3) is 0.278. The quantitative estimate of drug-likeness (QED) is 0.886. The topological polar surface area (TPSA) is 44.8 Å². The number of hydrogen-bond acceptors (Lipinski definition) is 5. The van der Waals surface area contributed by atoms with Gasteiger partial charge in [-0.2, -0.15) is 11.3 Å². The smallest absolute Gasteiger partial charge is 0.253 e. The fourth-order valence-corrected chi connectivity index (χ4v) is 3.83. The molecule has 1 N–H and O–H groups in total. The van der Waals surface area contributed by atoms with Gasteiger partial charge in [0.1, 0.15) is 5.76 Å². The van der Waals surface area contributed by atoms with Gasteiger partial charge in [-0.05, 0) is 42.5 Å². The Morgan fingerprint density at radius 3 is 2.92 bits per heavy atom. The van der Waals surface area contributed by atoms with Crippen LogP contribution in [0.25, 0.3) is 0 Å². The summed E-state index contributed by atoms with van der Waals surface area (Å²) in [6.45, 7) is 1.06. The SMILES string of the molecule is O=C(c1ccc(F)c(F)c1)N1CCC[C@H](C2=CN(c3ccsc3)NO2)C1. The van der Waals surface area contributed by atoms with Crippen LogP contribution in [0, 0.1) is 17.6 Å². The maximum Gasteiger partial charge on any atom is 0.253 e. The lowest BCUT2D eigenvalue weighted by molar-refractivity contribution is 0.0577. The van der Waals surface area contributed by atoms with Crippen molar-refractivity contribution in [2.24, 2.45) is 5.92 Å². The van der Waals surface area contributed by atoms with Crippen molar-refractivity contribution in [1.82, 2.24) is 10.5 Å². The van der Waals surface area contributed by atoms with Crippen molar-refractivity contribution in [3.8, 4) is 0 Å². The minimum absolute atomic E-state index is 0.0501. The molecule has 136 valence electrons. The third-order valence-electron chi connectivity index (χ3n) is 4.58. The number of hydrazine groups is 1. The van der Waals surface area contributed by atoms with Gasteiger partial charge < -0.3 is 9.74 Å². The lowest BCUT2D eigenvalue weighted by atomic mass is 9.95. The molecule has 0 bridgehead atoms. The van der Waals surface area contributed by atoms with Gasteiger partial charge in [0.25, 0.3) is 5.91 Å². The van der Waals surface area contributed by atoms with Crippen LogP contribution in [0.15, 0.2) is 47.0 Å². The second kappa shape index (κ2) is 7.05. The third-order valence-corrected chi connectivity index (χ3v) is 5.25. The maximum absolute atomic E-state index is 13.4. The van der Waals surface area contributed by atoms with Gasteiger partial charge in [-0.1, -0.05) is 5.59 Å². The van der Waals surface area contributed by atoms with Crippen molar-refractivity contribution in [3.63, 3.8) is 0 Å². The van der Waals surface area contributed by atoms with Crippen LogP contribution in [-0.4, -0.2) is 23.9 Å². The van der Waals surface area contributed by atoms with E-state index in [0.717, 1.165) is 36.4 Å². The average Bonchev–Trinajstić information content (AvgIpc) is 3.35. The van der Waals surface area contributed by atoms with Gasteiger partial charge in [0, 0.05) is 30.0 Å². The Morgan fingerprint density at radius 1 is 1.27 bits per heavy atom. The molecule has 2 aliphatic heterocycles. The molecule has 1 aromatic heterocycles. The zero-order chi connectivity index (χ0) is 18.1. The summed E-state index contributed by atoms with van der Waals surface area (Å²) in [6.07, 6.45) is 3.60. The summed E-state index contributed by atoms with van der Waals surface area (Å²) in [5.41, 5.74) is 3.99. The van der Waals surface area contributed by atoms with Crippen LogP contribution in [0.1, 0.15) is 23.2 Å². The van der Waals surface area contributed by atoms with Gasteiger partial charge in [-0.3, -0.25) is 4.79 Å². The first kappa shape index (κ1) is 17.0. The number of piperidine rings is 1. The molecular formula is C18H17F2N3O2S. The zero-order valence-corrected chi connectivity index (χ0v) is 14.6. The Hall–Kier alpha value is -2.45. The predicted octanol–water partition coefficient (Wildman–Crippen LogP) is 3.68. The molecular weight excluding hydrogens is 360 g/mol. The maximum atomic E-state index is 13.4. The molecule has 26 heavy (non-hydrogen) atoms. The number of benzene rings is 1. The lowest BCUT2D eigenvalue weighted by Crippen LogP contribution is -2.40. The monoisotopic (exact) mass is 377 g/mol. The normalized spacial score (nSPS) is 20.1. The molecule has 3 heterocycles. The molecule has 4 rings (SSSR count). The molecule has 0 radical (unpaired) electrons. The van der Waals surface area contributed by atoms with Crippen molar-refractivity contribution in [1.29, 1.82) is 0 Å². The predicted molar refractivity (Wildman–Crippen MR) is 94.1 cm³/mol. The highest BCUT2D eigenvalue weighted by Gasteiger charge is 2.31. The Bertz CT molecular complexity index is 841. The molecule has 1 amide bonds. The Morgan fingerprint density at radius 2 is 2.15 bits per heavy atom. The first-order valence-electron chi connectivity index (χ1n) is 8.32. The summed E-state index contributed by atoms with van der Waals surface area (Å²) in [6, 6.07) is 5.22. The van der Waals surface area contributed by atoms with Crippen molar-refractivity contribution >= 4 is 22.9 Å². The molecule has 1 fully saturated rings. The van der Waals surface area contributed by atoms with Crippen molar-refractivity contribution < 1.29 is 18.4 Å². The van der Waals surface area contributed by atoms with Gasteiger partial charge >= 0.3 is 0 Å². The minimum Gasteiger partial charge on any atom is -0.391 e. The van der Waals surface area contributed by atoms with Crippen LogP contribution in [-0.2, 0) is 4.84 Å². The highest BCUT2D eigenvalue weighted by atomic mass is 32.1. The molecule has 0 saturated carbocycles. The van der Waals surface area contributed by atoms with Crippen molar-refractivity contribution in [3.05, 3.63) is 64.2 Å². The lowest BCUT2D eigenvalue weighted by Gasteiger charge is -2.32. The number of likely N-dealkylation sites (tertiary alicyclic amines) is 1. The highest BCUT2D eigenvalue weighted by molar-refractivity contribution is 7.08. The van der Waals surface area contributed by atoms with Gasteiger partial charge in [-0.15, -0.1) is 0 Å². The van der Waals surface area contributed by atoms with Gasteiger partial charge in [0.15, 0.2) is 11.6 Å². The average molecular weight is 377 g/mol. The summed E-state index contributed by atoms with van der Waals surface area (Å²) in [7, 11) is 0. The van der Waals surface area contributed by atoms with Crippen LogP contribution in [0.5, 0.6) is 0 Å². The van der Waals surface area contributed by atoms with Crippen LogP contribution in [0.3, 0.4) is 0 Å². The van der Waals surface area contributed by atoms with E-state index >= 15 is 0 Å². The molecule has 1 saturated heterocycles. The van der Waals surface area contributed by atoms with E-state index in [1.165, 1.54) is 6.07 Å². The summed E-state index contributed by atoms with van der Waals surface area (Å²) in [5.74, 6) is -1.45. The summed E-state index contributed by atoms with van der Waals surface area (Å²) in [5, 5.41) is 5.77. The van der Waals surface area contributed by atoms with Gasteiger partial charge in [0.05, 0.1) is 11.9 Å². The van der Waals surface area contributed by atoms with Crippen LogP contribution in [0.4, 0.5) is 14.5 Å². The Kier molecular flexibility index (Phi) is 4.60. The van der Waals surface area contributed by atoms with Crippen LogP contribution >= 0.6 is 11.3 Å². The van der Waals surface area contributed by atoms with E-state index in [1.54, 1.807) is 21.2 Å². The Labute approximate surface area is 153 Å². The zero-order valence-electron chi connectivity index (χ0n) is 13.8. The van der Waals surface area contributed by atoms with Crippen LogP contribution < -0.4 is 10.6 Å². The largest absolute Gasteiger partial charge is 0.391 e. The van der Waals surface area contributed by atoms with E-state index in [-0.39, 0.29) is 17.4 Å². The number of carbonyl (C=O) groups excluding carboxylic acids is 1. The fourth-order valence-electron chi connectivity index (χ4n) is 3.20. The van der Waals surface area contributed by atoms with Gasteiger partial charge in [-0.25, -0.2) is 13.8 Å². The molecule has 0 unspecified atom stereocenters. The minimum atomic E-state index is -1.01. The second-order valence-corrected chi connectivity index (χ2v) is 7.08. The molecule has 1 atom stereocenters. The third kappa shape index (κ3) is 3.30. The first-order valence-corrected chi connectivity index (χ1v) is 9.26. The standard InChI is InChI=1S/C18H17F2N3O2S/c19-15-4-3-12(8-16(15)20)18(24)22-6-1-2-13(9-22)17-10-23(21-25-17)14-5-7-26-11-14/h3-5,7-8,10-11,13,21H,1-2,6,9H2/t13-/m0/s1.